The maximum atomic E-state index is 5.69. The summed E-state index contributed by atoms with van der Waals surface area (Å²) in [6, 6.07) is 46.2. The standard InChI is InChI=1S/C40H35NO/c1-2-42-40-31-29-39(30-32-40)41(37-25-21-35(22-26-37)19-11-9-17-33-13-5-3-6-14-33)38-27-23-36(24-28-38)20-12-10-18-34-15-7-4-8-16-34/h3-32H,2H2,1H3/b17-9+,18-10+,19-11+,20-12+. The molecule has 2 heteroatoms. The van der Waals surface area contributed by atoms with Gasteiger partial charge in [0.25, 0.3) is 0 Å². The fraction of sp³-hybridized carbons (Fsp3) is 0.0500. The minimum absolute atomic E-state index is 0.647. The second-order valence-electron chi connectivity index (χ2n) is 9.70. The lowest BCUT2D eigenvalue weighted by molar-refractivity contribution is 0.340. The van der Waals surface area contributed by atoms with Crippen molar-refractivity contribution >= 4 is 41.4 Å². The second-order valence-corrected chi connectivity index (χ2v) is 9.70. The number of benzene rings is 5. The van der Waals surface area contributed by atoms with Crippen LogP contribution in [0.5, 0.6) is 5.75 Å². The molecule has 0 aliphatic rings. The van der Waals surface area contributed by atoms with E-state index >= 15 is 0 Å². The zero-order valence-corrected chi connectivity index (χ0v) is 23.9. The quantitative estimate of drug-likeness (QED) is 0.153. The van der Waals surface area contributed by atoms with Crippen LogP contribution in [0.25, 0.3) is 24.3 Å². The smallest absolute Gasteiger partial charge is 0.119 e. The molecular weight excluding hydrogens is 510 g/mol. The molecule has 0 amide bonds. The van der Waals surface area contributed by atoms with E-state index in [0.29, 0.717) is 6.61 Å². The third-order valence-electron chi connectivity index (χ3n) is 6.68. The zero-order valence-electron chi connectivity index (χ0n) is 23.9. The van der Waals surface area contributed by atoms with Gasteiger partial charge in [0.1, 0.15) is 5.75 Å². The number of hydrogen-bond acceptors (Lipinski definition) is 2. The van der Waals surface area contributed by atoms with E-state index in [2.05, 4.69) is 138 Å². The minimum Gasteiger partial charge on any atom is -0.494 e. The average molecular weight is 546 g/mol. The summed E-state index contributed by atoms with van der Waals surface area (Å²) < 4.78 is 5.69. The Labute approximate surface area is 249 Å². The first-order chi connectivity index (χ1) is 20.8. The predicted octanol–water partition coefficient (Wildman–Crippen LogP) is 11.0. The van der Waals surface area contributed by atoms with Gasteiger partial charge < -0.3 is 9.64 Å². The first kappa shape index (κ1) is 28.2. The number of rotatable bonds is 11. The van der Waals surface area contributed by atoms with Crippen LogP contribution in [-0.4, -0.2) is 6.61 Å². The van der Waals surface area contributed by atoms with Crippen LogP contribution < -0.4 is 9.64 Å². The topological polar surface area (TPSA) is 12.5 Å². The van der Waals surface area contributed by atoms with E-state index < -0.39 is 0 Å². The Kier molecular flexibility index (Phi) is 9.99. The van der Waals surface area contributed by atoms with Gasteiger partial charge in [-0.3, -0.25) is 0 Å². The molecule has 0 aromatic heterocycles. The van der Waals surface area contributed by atoms with Crippen molar-refractivity contribution in [1.29, 1.82) is 0 Å². The van der Waals surface area contributed by atoms with Crippen LogP contribution in [0.3, 0.4) is 0 Å². The predicted molar refractivity (Wildman–Crippen MR) is 181 cm³/mol. The maximum Gasteiger partial charge on any atom is 0.119 e. The molecule has 206 valence electrons. The molecule has 0 fully saturated rings. The summed E-state index contributed by atoms with van der Waals surface area (Å²) in [7, 11) is 0. The molecule has 5 aromatic carbocycles. The molecular formula is C40H35NO. The molecule has 0 N–H and O–H groups in total. The number of allylic oxidation sites excluding steroid dienone is 4. The van der Waals surface area contributed by atoms with Gasteiger partial charge in [0.15, 0.2) is 0 Å². The molecule has 5 rings (SSSR count). The van der Waals surface area contributed by atoms with E-state index in [0.717, 1.165) is 33.9 Å². The molecule has 0 radical (unpaired) electrons. The summed E-state index contributed by atoms with van der Waals surface area (Å²) in [5.41, 5.74) is 7.92. The number of nitrogens with zero attached hydrogens (tertiary/aromatic N) is 1. The summed E-state index contributed by atoms with van der Waals surface area (Å²) in [4.78, 5) is 2.27. The van der Waals surface area contributed by atoms with E-state index in [1.807, 2.05) is 55.5 Å². The molecule has 2 nitrogen and oxygen atoms in total. The van der Waals surface area contributed by atoms with Gasteiger partial charge in [0.2, 0.25) is 0 Å². The molecule has 0 aliphatic carbocycles. The Morgan fingerprint density at radius 3 is 1.12 bits per heavy atom. The van der Waals surface area contributed by atoms with Crippen molar-refractivity contribution in [1.82, 2.24) is 0 Å². The van der Waals surface area contributed by atoms with Crippen LogP contribution in [0.15, 0.2) is 158 Å². The van der Waals surface area contributed by atoms with Crippen molar-refractivity contribution in [2.45, 2.75) is 6.92 Å². The first-order valence-electron chi connectivity index (χ1n) is 14.3. The van der Waals surface area contributed by atoms with Gasteiger partial charge in [-0.2, -0.15) is 0 Å². The molecule has 0 atom stereocenters. The molecule has 0 unspecified atom stereocenters. The van der Waals surface area contributed by atoms with E-state index in [1.165, 1.54) is 11.1 Å². The molecule has 0 saturated heterocycles. The van der Waals surface area contributed by atoms with E-state index in [9.17, 15) is 0 Å². The average Bonchev–Trinajstić information content (AvgIpc) is 3.05. The van der Waals surface area contributed by atoms with Crippen molar-refractivity contribution in [3.8, 4) is 5.75 Å². The highest BCUT2D eigenvalue weighted by Crippen LogP contribution is 2.35. The molecule has 0 spiro atoms. The van der Waals surface area contributed by atoms with Crippen LogP contribution in [0.1, 0.15) is 29.2 Å². The Morgan fingerprint density at radius 1 is 0.429 bits per heavy atom. The van der Waals surface area contributed by atoms with Crippen molar-refractivity contribution in [2.75, 3.05) is 11.5 Å². The highest BCUT2D eigenvalue weighted by Gasteiger charge is 2.12. The lowest BCUT2D eigenvalue weighted by Gasteiger charge is -2.26. The van der Waals surface area contributed by atoms with Gasteiger partial charge in [-0.15, -0.1) is 0 Å². The lowest BCUT2D eigenvalue weighted by atomic mass is 10.1. The Balaban J connectivity index is 1.34. The summed E-state index contributed by atoms with van der Waals surface area (Å²) in [6.45, 7) is 2.65. The van der Waals surface area contributed by atoms with Gasteiger partial charge >= 0.3 is 0 Å². The van der Waals surface area contributed by atoms with Gasteiger partial charge in [0, 0.05) is 17.1 Å². The van der Waals surface area contributed by atoms with Crippen LogP contribution in [0.2, 0.25) is 0 Å². The molecule has 0 saturated carbocycles. The SMILES string of the molecule is CCOc1ccc(N(c2ccc(/C=C/C=C/c3ccccc3)cc2)c2ccc(/C=C/C=C/c3ccccc3)cc2)cc1. The Bertz CT molecular complexity index is 1530. The highest BCUT2D eigenvalue weighted by atomic mass is 16.5. The molecule has 0 aliphatic heterocycles. The summed E-state index contributed by atoms with van der Waals surface area (Å²) in [6.07, 6.45) is 16.8. The first-order valence-corrected chi connectivity index (χ1v) is 14.3. The minimum atomic E-state index is 0.647. The van der Waals surface area contributed by atoms with Crippen LogP contribution in [0.4, 0.5) is 17.1 Å². The fourth-order valence-corrected chi connectivity index (χ4v) is 4.57. The number of hydrogen-bond donors (Lipinski definition) is 0. The maximum absolute atomic E-state index is 5.69. The summed E-state index contributed by atoms with van der Waals surface area (Å²) in [5, 5.41) is 0. The molecule has 42 heavy (non-hydrogen) atoms. The van der Waals surface area contributed by atoms with Crippen LogP contribution in [-0.2, 0) is 0 Å². The van der Waals surface area contributed by atoms with E-state index in [-0.39, 0.29) is 0 Å². The van der Waals surface area contributed by atoms with Gasteiger partial charge in [-0.1, -0.05) is 134 Å². The van der Waals surface area contributed by atoms with Crippen molar-refractivity contribution < 1.29 is 4.74 Å². The Hall–Kier alpha value is -5.34. The molecule has 5 aromatic rings. The monoisotopic (exact) mass is 545 g/mol. The van der Waals surface area contributed by atoms with Crippen molar-refractivity contribution in [3.63, 3.8) is 0 Å². The van der Waals surface area contributed by atoms with Crippen molar-refractivity contribution in [3.05, 3.63) is 180 Å². The number of anilines is 3. The second kappa shape index (κ2) is 14.9. The normalized spacial score (nSPS) is 11.6. The van der Waals surface area contributed by atoms with Gasteiger partial charge in [0.05, 0.1) is 6.61 Å². The third-order valence-corrected chi connectivity index (χ3v) is 6.68. The number of ether oxygens (including phenoxy) is 1. The fourth-order valence-electron chi connectivity index (χ4n) is 4.57. The van der Waals surface area contributed by atoms with Crippen molar-refractivity contribution in [2.24, 2.45) is 0 Å². The molecule has 0 heterocycles. The van der Waals surface area contributed by atoms with Gasteiger partial charge in [-0.05, 0) is 77.7 Å². The largest absolute Gasteiger partial charge is 0.494 e. The van der Waals surface area contributed by atoms with E-state index in [1.54, 1.807) is 0 Å². The van der Waals surface area contributed by atoms with Crippen LogP contribution >= 0.6 is 0 Å². The lowest BCUT2D eigenvalue weighted by Crippen LogP contribution is -2.09. The van der Waals surface area contributed by atoms with Gasteiger partial charge in [-0.25, -0.2) is 0 Å². The Morgan fingerprint density at radius 2 is 0.762 bits per heavy atom. The summed E-state index contributed by atoms with van der Waals surface area (Å²) >= 11 is 0. The zero-order chi connectivity index (χ0) is 28.8. The highest BCUT2D eigenvalue weighted by molar-refractivity contribution is 5.78. The summed E-state index contributed by atoms with van der Waals surface area (Å²) in [5.74, 6) is 0.870. The van der Waals surface area contributed by atoms with Crippen LogP contribution in [0, 0.1) is 0 Å². The molecule has 0 bridgehead atoms. The van der Waals surface area contributed by atoms with E-state index in [4.69, 9.17) is 4.74 Å². The third kappa shape index (κ3) is 8.09.